The lowest BCUT2D eigenvalue weighted by Crippen LogP contribution is -2.48. The Morgan fingerprint density at radius 2 is 1.85 bits per heavy atom. The maximum atomic E-state index is 13.2. The molecule has 1 unspecified atom stereocenters. The number of carbonyl (C=O) groups is 1. The number of benzene rings is 1. The number of amides is 1. The van der Waals surface area contributed by atoms with Crippen LogP contribution in [0.2, 0.25) is 0 Å². The largest absolute Gasteiger partial charge is 0.385 e. The van der Waals surface area contributed by atoms with Gasteiger partial charge in [0.2, 0.25) is 5.91 Å². The average molecular weight is 353 g/mol. The Morgan fingerprint density at radius 1 is 1.19 bits per heavy atom. The number of carbonyl (C=O) groups excluding carboxylic acids is 1. The number of likely N-dealkylation sites (tertiary alicyclic amines) is 1. The molecule has 5 heteroatoms. The molecule has 1 aliphatic heterocycles. The molecular weight excluding hydrogens is 326 g/mol. The normalized spacial score (nSPS) is 18.0. The van der Waals surface area contributed by atoms with Gasteiger partial charge in [-0.1, -0.05) is 35.9 Å². The van der Waals surface area contributed by atoms with Gasteiger partial charge in [-0.25, -0.2) is 0 Å². The summed E-state index contributed by atoms with van der Waals surface area (Å²) in [5.74, 6) is 0.0899. The minimum atomic E-state index is -0.900. The first-order chi connectivity index (χ1) is 12.4. The van der Waals surface area contributed by atoms with E-state index in [0.717, 1.165) is 11.1 Å². The molecule has 5 nitrogen and oxygen atoms in total. The molecule has 1 aliphatic rings. The molecule has 138 valence electrons. The zero-order chi connectivity index (χ0) is 18.7. The second-order valence-electron chi connectivity index (χ2n) is 7.38. The van der Waals surface area contributed by atoms with Crippen molar-refractivity contribution in [2.45, 2.75) is 31.4 Å². The Kier molecular flexibility index (Phi) is 5.39. The molecule has 0 aliphatic carbocycles. The lowest BCUT2D eigenvalue weighted by molar-refractivity contribution is -0.141. The number of hydrogen-bond acceptors (Lipinski definition) is 4. The summed E-state index contributed by atoms with van der Waals surface area (Å²) in [6, 6.07) is 11.6. The van der Waals surface area contributed by atoms with Gasteiger partial charge in [-0.3, -0.25) is 14.7 Å². The van der Waals surface area contributed by atoms with Gasteiger partial charge in [-0.05, 0) is 45.5 Å². The Morgan fingerprint density at radius 3 is 2.38 bits per heavy atom. The van der Waals surface area contributed by atoms with E-state index >= 15 is 0 Å². The van der Waals surface area contributed by atoms with Gasteiger partial charge in [-0.2, -0.15) is 0 Å². The highest BCUT2D eigenvalue weighted by Crippen LogP contribution is 2.33. The molecule has 1 saturated heterocycles. The first-order valence-electron chi connectivity index (χ1n) is 9.05. The number of aryl methyl sites for hydroxylation is 1. The minimum Gasteiger partial charge on any atom is -0.385 e. The minimum absolute atomic E-state index is 0.0899. The number of aliphatic hydroxyl groups is 1. The lowest BCUT2D eigenvalue weighted by Gasteiger charge is -2.40. The van der Waals surface area contributed by atoms with E-state index in [-0.39, 0.29) is 11.9 Å². The Hall–Kier alpha value is -2.24. The van der Waals surface area contributed by atoms with Crippen LogP contribution >= 0.6 is 0 Å². The van der Waals surface area contributed by atoms with Crippen LogP contribution in [0.15, 0.2) is 48.8 Å². The predicted molar refractivity (Wildman–Crippen MR) is 102 cm³/mol. The van der Waals surface area contributed by atoms with Crippen LogP contribution in [0.25, 0.3) is 0 Å². The Balaban J connectivity index is 1.73. The number of likely N-dealkylation sites (N-methyl/N-ethyl adjacent to an activating group) is 1. The van der Waals surface area contributed by atoms with Crippen LogP contribution in [-0.4, -0.2) is 53.0 Å². The van der Waals surface area contributed by atoms with Gasteiger partial charge in [-0.15, -0.1) is 0 Å². The van der Waals surface area contributed by atoms with Crippen LogP contribution in [0, 0.1) is 6.92 Å². The standard InChI is InChI=1S/C21H27N3O2/c1-16-6-8-17(9-7-16)19(23(2)3)20(25)24-13-10-21(26,11-14-24)18-5-4-12-22-15-18/h4-9,12,15,19,26H,10-11,13-14H2,1-3H3. The monoisotopic (exact) mass is 353 g/mol. The third kappa shape index (κ3) is 3.79. The summed E-state index contributed by atoms with van der Waals surface area (Å²) in [6.45, 7) is 3.13. The van der Waals surface area contributed by atoms with E-state index in [4.69, 9.17) is 0 Å². The fraction of sp³-hybridized carbons (Fsp3) is 0.429. The third-order valence-electron chi connectivity index (χ3n) is 5.24. The van der Waals surface area contributed by atoms with Crippen LogP contribution < -0.4 is 0 Å². The molecule has 1 aromatic carbocycles. The number of piperidine rings is 1. The van der Waals surface area contributed by atoms with Crippen molar-refractivity contribution >= 4 is 5.91 Å². The molecule has 0 radical (unpaired) electrons. The number of pyridine rings is 1. The van der Waals surface area contributed by atoms with Gasteiger partial charge in [0.15, 0.2) is 0 Å². The molecule has 0 saturated carbocycles. The van der Waals surface area contributed by atoms with Crippen molar-refractivity contribution in [1.29, 1.82) is 0 Å². The summed E-state index contributed by atoms with van der Waals surface area (Å²) >= 11 is 0. The summed E-state index contributed by atoms with van der Waals surface area (Å²) < 4.78 is 0. The first kappa shape index (κ1) is 18.5. The van der Waals surface area contributed by atoms with Crippen LogP contribution in [0.5, 0.6) is 0 Å². The van der Waals surface area contributed by atoms with Gasteiger partial charge in [0.25, 0.3) is 0 Å². The Labute approximate surface area is 155 Å². The van der Waals surface area contributed by atoms with E-state index in [1.807, 2.05) is 67.2 Å². The van der Waals surface area contributed by atoms with E-state index < -0.39 is 5.60 Å². The number of nitrogens with zero attached hydrogens (tertiary/aromatic N) is 3. The summed E-state index contributed by atoms with van der Waals surface area (Å²) in [6.07, 6.45) is 4.47. The maximum Gasteiger partial charge on any atom is 0.244 e. The van der Waals surface area contributed by atoms with Gasteiger partial charge >= 0.3 is 0 Å². The van der Waals surface area contributed by atoms with Crippen molar-refractivity contribution in [3.8, 4) is 0 Å². The van der Waals surface area contributed by atoms with Gasteiger partial charge < -0.3 is 10.0 Å². The molecule has 1 atom stereocenters. The molecule has 1 aromatic heterocycles. The molecule has 2 heterocycles. The fourth-order valence-corrected chi connectivity index (χ4v) is 3.61. The first-order valence-corrected chi connectivity index (χ1v) is 9.05. The van der Waals surface area contributed by atoms with E-state index in [0.29, 0.717) is 25.9 Å². The average Bonchev–Trinajstić information content (AvgIpc) is 2.64. The quantitative estimate of drug-likeness (QED) is 0.918. The molecule has 2 aromatic rings. The molecule has 3 rings (SSSR count). The molecule has 1 fully saturated rings. The van der Waals surface area contributed by atoms with Crippen LogP contribution in [0.4, 0.5) is 0 Å². The van der Waals surface area contributed by atoms with Crippen molar-refractivity contribution in [2.75, 3.05) is 27.2 Å². The number of rotatable bonds is 4. The molecule has 1 amide bonds. The summed E-state index contributed by atoms with van der Waals surface area (Å²) in [5.41, 5.74) is 2.11. The molecule has 0 spiro atoms. The third-order valence-corrected chi connectivity index (χ3v) is 5.24. The van der Waals surface area contributed by atoms with Crippen molar-refractivity contribution < 1.29 is 9.90 Å². The summed E-state index contributed by atoms with van der Waals surface area (Å²) in [5, 5.41) is 10.9. The van der Waals surface area contributed by atoms with Gasteiger partial charge in [0.05, 0.1) is 5.60 Å². The highest BCUT2D eigenvalue weighted by molar-refractivity contribution is 5.83. The lowest BCUT2D eigenvalue weighted by atomic mass is 9.85. The fourth-order valence-electron chi connectivity index (χ4n) is 3.61. The number of aromatic nitrogens is 1. The maximum absolute atomic E-state index is 13.2. The van der Waals surface area contributed by atoms with Crippen LogP contribution in [0.1, 0.15) is 35.6 Å². The molecule has 1 N–H and O–H groups in total. The number of hydrogen-bond donors (Lipinski definition) is 1. The van der Waals surface area contributed by atoms with Crippen LogP contribution in [0.3, 0.4) is 0 Å². The molecule has 26 heavy (non-hydrogen) atoms. The highest BCUT2D eigenvalue weighted by atomic mass is 16.3. The van der Waals surface area contributed by atoms with Gasteiger partial charge in [0, 0.05) is 31.0 Å². The second-order valence-corrected chi connectivity index (χ2v) is 7.38. The van der Waals surface area contributed by atoms with Crippen molar-refractivity contribution in [2.24, 2.45) is 0 Å². The molecular formula is C21H27N3O2. The Bertz CT molecular complexity index is 736. The summed E-state index contributed by atoms with van der Waals surface area (Å²) in [4.78, 5) is 21.1. The zero-order valence-electron chi connectivity index (χ0n) is 15.7. The topological polar surface area (TPSA) is 56.7 Å². The van der Waals surface area contributed by atoms with Crippen molar-refractivity contribution in [3.05, 3.63) is 65.5 Å². The predicted octanol–water partition coefficient (Wildman–Crippen LogP) is 2.50. The second kappa shape index (κ2) is 7.56. The van der Waals surface area contributed by atoms with E-state index in [1.54, 1.807) is 12.4 Å². The van der Waals surface area contributed by atoms with E-state index in [1.165, 1.54) is 5.56 Å². The highest BCUT2D eigenvalue weighted by Gasteiger charge is 2.37. The van der Waals surface area contributed by atoms with Crippen molar-refractivity contribution in [3.63, 3.8) is 0 Å². The van der Waals surface area contributed by atoms with Crippen molar-refractivity contribution in [1.82, 2.24) is 14.8 Å². The van der Waals surface area contributed by atoms with E-state index in [9.17, 15) is 9.90 Å². The SMILES string of the molecule is Cc1ccc(C(C(=O)N2CCC(O)(c3cccnc3)CC2)N(C)C)cc1. The zero-order valence-corrected chi connectivity index (χ0v) is 15.7. The smallest absolute Gasteiger partial charge is 0.244 e. The van der Waals surface area contributed by atoms with Gasteiger partial charge in [0.1, 0.15) is 6.04 Å². The van der Waals surface area contributed by atoms with E-state index in [2.05, 4.69) is 4.98 Å². The van der Waals surface area contributed by atoms with Crippen LogP contribution in [-0.2, 0) is 10.4 Å². The molecule has 0 bridgehead atoms. The summed E-state index contributed by atoms with van der Waals surface area (Å²) in [7, 11) is 3.86.